The molecule has 1 amide bonds. The van der Waals surface area contributed by atoms with Crippen LogP contribution in [0.2, 0.25) is 5.02 Å². The van der Waals surface area contributed by atoms with Gasteiger partial charge in [-0.1, -0.05) is 17.7 Å². The average Bonchev–Trinajstić information content (AvgIpc) is 3.45. The number of amides is 1. The average molecular weight is 551 g/mol. The van der Waals surface area contributed by atoms with E-state index in [4.69, 9.17) is 11.6 Å². The Bertz CT molecular complexity index is 1660. The van der Waals surface area contributed by atoms with Gasteiger partial charge in [0, 0.05) is 53.5 Å². The number of nitrogens with one attached hydrogen (secondary N) is 2. The van der Waals surface area contributed by atoms with Gasteiger partial charge < -0.3 is 19.9 Å². The molecule has 2 aromatic heterocycles. The second-order valence-electron chi connectivity index (χ2n) is 9.31. The molecule has 11 heteroatoms. The number of fused-ring (bicyclic) bond motifs is 2. The van der Waals surface area contributed by atoms with E-state index in [1.165, 1.54) is 10.6 Å². The standard InChI is InChI=1S/C27H27ClN6O3S/c1-32(2)14-15-34(38(3,36)37)21-8-6-20(7-9-21)30-26(18-4-11-24-29-12-13-33(24)17-18)25-22-10-5-19(28)16-23(22)31-27(25)35/h4-13,16-17,30H,14-15H2,1-3H3,(H,31,35). The first-order valence-corrected chi connectivity index (χ1v) is 14.1. The Kier molecular flexibility index (Phi) is 6.87. The van der Waals surface area contributed by atoms with Gasteiger partial charge in [0.25, 0.3) is 5.91 Å². The van der Waals surface area contributed by atoms with Crippen LogP contribution in [0.4, 0.5) is 17.1 Å². The largest absolute Gasteiger partial charge is 0.354 e. The van der Waals surface area contributed by atoms with E-state index >= 15 is 0 Å². The van der Waals surface area contributed by atoms with E-state index < -0.39 is 10.0 Å². The first kappa shape index (κ1) is 25.8. The normalized spacial score (nSPS) is 14.5. The Morgan fingerprint density at radius 1 is 1.08 bits per heavy atom. The lowest BCUT2D eigenvalue weighted by Crippen LogP contribution is -2.35. The number of carbonyl (C=O) groups excluding carboxylic acids is 1. The fourth-order valence-electron chi connectivity index (χ4n) is 4.37. The van der Waals surface area contributed by atoms with Crippen molar-refractivity contribution < 1.29 is 13.2 Å². The van der Waals surface area contributed by atoms with Crippen LogP contribution in [0.3, 0.4) is 0 Å². The number of aromatic nitrogens is 2. The summed E-state index contributed by atoms with van der Waals surface area (Å²) in [4.78, 5) is 19.4. The molecule has 0 saturated carbocycles. The summed E-state index contributed by atoms with van der Waals surface area (Å²) in [6.45, 7) is 0.914. The zero-order valence-electron chi connectivity index (χ0n) is 21.1. The van der Waals surface area contributed by atoms with Crippen molar-refractivity contribution in [3.05, 3.63) is 89.3 Å². The van der Waals surface area contributed by atoms with E-state index in [1.54, 1.807) is 42.6 Å². The summed E-state index contributed by atoms with van der Waals surface area (Å²) in [7, 11) is 0.335. The number of imidazole rings is 1. The number of nitrogens with zero attached hydrogens (tertiary/aromatic N) is 4. The van der Waals surface area contributed by atoms with Gasteiger partial charge in [0.05, 0.1) is 28.9 Å². The molecule has 2 aromatic carbocycles. The van der Waals surface area contributed by atoms with Crippen molar-refractivity contribution in [2.24, 2.45) is 0 Å². The zero-order valence-corrected chi connectivity index (χ0v) is 22.7. The molecule has 0 unspecified atom stereocenters. The first-order valence-electron chi connectivity index (χ1n) is 11.9. The number of halogens is 1. The predicted octanol–water partition coefficient (Wildman–Crippen LogP) is 4.25. The highest BCUT2D eigenvalue weighted by atomic mass is 35.5. The molecule has 2 N–H and O–H groups in total. The summed E-state index contributed by atoms with van der Waals surface area (Å²) in [5, 5.41) is 6.84. The Morgan fingerprint density at radius 3 is 2.55 bits per heavy atom. The van der Waals surface area contributed by atoms with E-state index in [9.17, 15) is 13.2 Å². The summed E-state index contributed by atoms with van der Waals surface area (Å²) in [6.07, 6.45) is 6.65. The van der Waals surface area contributed by atoms with Crippen molar-refractivity contribution in [1.82, 2.24) is 14.3 Å². The molecule has 196 valence electrons. The maximum atomic E-state index is 13.2. The third-order valence-electron chi connectivity index (χ3n) is 6.23. The van der Waals surface area contributed by atoms with Crippen LogP contribution in [-0.2, 0) is 14.8 Å². The van der Waals surface area contributed by atoms with Crippen molar-refractivity contribution in [2.75, 3.05) is 48.4 Å². The minimum Gasteiger partial charge on any atom is -0.354 e. The molecule has 4 aromatic rings. The van der Waals surface area contributed by atoms with Crippen molar-refractivity contribution >= 4 is 61.5 Å². The van der Waals surface area contributed by atoms with E-state index in [-0.39, 0.29) is 5.91 Å². The first-order chi connectivity index (χ1) is 18.1. The van der Waals surface area contributed by atoms with Gasteiger partial charge in [-0.15, -0.1) is 0 Å². The van der Waals surface area contributed by atoms with Crippen LogP contribution in [-0.4, -0.2) is 62.1 Å². The van der Waals surface area contributed by atoms with Crippen molar-refractivity contribution in [3.63, 3.8) is 0 Å². The van der Waals surface area contributed by atoms with E-state index in [0.717, 1.165) is 16.8 Å². The fraction of sp³-hybridized carbons (Fsp3) is 0.185. The summed E-state index contributed by atoms with van der Waals surface area (Å²) >= 11 is 6.17. The predicted molar refractivity (Wildman–Crippen MR) is 153 cm³/mol. The molecule has 38 heavy (non-hydrogen) atoms. The van der Waals surface area contributed by atoms with Gasteiger partial charge in [0.1, 0.15) is 5.65 Å². The van der Waals surface area contributed by atoms with E-state index in [0.29, 0.717) is 46.4 Å². The topological polar surface area (TPSA) is 99.0 Å². The molecule has 9 nitrogen and oxygen atoms in total. The van der Waals surface area contributed by atoms with Crippen LogP contribution in [0.5, 0.6) is 0 Å². The number of hydrogen-bond donors (Lipinski definition) is 2. The molecule has 0 aliphatic carbocycles. The number of likely N-dealkylation sites (N-methyl/N-ethyl adjacent to an activating group) is 1. The molecule has 5 rings (SSSR count). The molecule has 1 aliphatic rings. The number of rotatable bonds is 8. The lowest BCUT2D eigenvalue weighted by molar-refractivity contribution is -0.110. The number of hydrogen-bond acceptors (Lipinski definition) is 6. The Morgan fingerprint density at radius 2 is 1.84 bits per heavy atom. The van der Waals surface area contributed by atoms with Gasteiger partial charge in [-0.05, 0) is 62.6 Å². The summed E-state index contributed by atoms with van der Waals surface area (Å²) in [5.41, 5.74) is 5.26. The van der Waals surface area contributed by atoms with Crippen LogP contribution >= 0.6 is 11.6 Å². The van der Waals surface area contributed by atoms with Gasteiger partial charge in [-0.2, -0.15) is 0 Å². The minimum atomic E-state index is -3.46. The maximum Gasteiger partial charge on any atom is 0.258 e. The SMILES string of the molecule is CN(C)CCN(c1ccc(NC(=C2C(=O)Nc3cc(Cl)ccc32)c2ccc3nccn3c2)cc1)S(C)(=O)=O. The monoisotopic (exact) mass is 550 g/mol. The minimum absolute atomic E-state index is 0.251. The third-order valence-corrected chi connectivity index (χ3v) is 7.66. The molecule has 0 radical (unpaired) electrons. The molecule has 3 heterocycles. The third kappa shape index (κ3) is 5.24. The molecule has 0 saturated heterocycles. The lowest BCUT2D eigenvalue weighted by Gasteiger charge is -2.24. The van der Waals surface area contributed by atoms with Crippen LogP contribution in [0.15, 0.2) is 73.2 Å². The number of carbonyl (C=O) groups is 1. The van der Waals surface area contributed by atoms with Crippen LogP contribution in [0.1, 0.15) is 11.1 Å². The molecular formula is C27H27ClN6O3S. The Labute approximate surface area is 226 Å². The van der Waals surface area contributed by atoms with E-state index in [1.807, 2.05) is 54.0 Å². The lowest BCUT2D eigenvalue weighted by atomic mass is 10.0. The van der Waals surface area contributed by atoms with Crippen molar-refractivity contribution in [1.29, 1.82) is 0 Å². The van der Waals surface area contributed by atoms with Gasteiger partial charge in [-0.25, -0.2) is 13.4 Å². The number of benzene rings is 2. The van der Waals surface area contributed by atoms with Gasteiger partial charge in [-0.3, -0.25) is 9.10 Å². The maximum absolute atomic E-state index is 13.2. The number of anilines is 3. The molecular weight excluding hydrogens is 524 g/mol. The molecule has 1 aliphatic heterocycles. The highest BCUT2D eigenvalue weighted by molar-refractivity contribution is 7.92. The van der Waals surface area contributed by atoms with Crippen LogP contribution in [0, 0.1) is 0 Å². The fourth-order valence-corrected chi connectivity index (χ4v) is 5.46. The Balaban J connectivity index is 1.56. The van der Waals surface area contributed by atoms with Crippen molar-refractivity contribution in [3.8, 4) is 0 Å². The number of pyridine rings is 1. The number of sulfonamides is 1. The molecule has 0 bridgehead atoms. The second kappa shape index (κ2) is 10.1. The second-order valence-corrected chi connectivity index (χ2v) is 11.7. The molecule has 0 spiro atoms. The van der Waals surface area contributed by atoms with Gasteiger partial charge in [0.2, 0.25) is 10.0 Å². The summed E-state index contributed by atoms with van der Waals surface area (Å²) in [6, 6.07) is 16.2. The van der Waals surface area contributed by atoms with Crippen molar-refractivity contribution in [2.45, 2.75) is 0 Å². The quantitative estimate of drug-likeness (QED) is 0.318. The smallest absolute Gasteiger partial charge is 0.258 e. The van der Waals surface area contributed by atoms with Crippen LogP contribution in [0.25, 0.3) is 16.9 Å². The Hall–Kier alpha value is -3.86. The summed E-state index contributed by atoms with van der Waals surface area (Å²) in [5.74, 6) is -0.251. The van der Waals surface area contributed by atoms with Gasteiger partial charge in [0.15, 0.2) is 0 Å². The zero-order chi connectivity index (χ0) is 27.0. The van der Waals surface area contributed by atoms with Gasteiger partial charge >= 0.3 is 0 Å². The van der Waals surface area contributed by atoms with Crippen LogP contribution < -0.4 is 14.9 Å². The molecule has 0 atom stereocenters. The van der Waals surface area contributed by atoms with E-state index in [2.05, 4.69) is 15.6 Å². The molecule has 0 fully saturated rings. The summed E-state index contributed by atoms with van der Waals surface area (Å²) < 4.78 is 28.2. The highest BCUT2D eigenvalue weighted by Crippen LogP contribution is 2.39. The highest BCUT2D eigenvalue weighted by Gasteiger charge is 2.29.